The van der Waals surface area contributed by atoms with Gasteiger partial charge in [0, 0.05) is 23.1 Å². The smallest absolute Gasteiger partial charge is 0.143 e. The van der Waals surface area contributed by atoms with Crippen molar-refractivity contribution < 1.29 is 0 Å². The van der Waals surface area contributed by atoms with Crippen molar-refractivity contribution >= 4 is 28.7 Å². The van der Waals surface area contributed by atoms with Crippen molar-refractivity contribution in [2.45, 2.75) is 6.92 Å². The third-order valence-electron chi connectivity index (χ3n) is 3.29. The lowest BCUT2D eigenvalue weighted by Gasteiger charge is -2.24. The molecule has 22 heavy (non-hydrogen) atoms. The van der Waals surface area contributed by atoms with Gasteiger partial charge in [-0.2, -0.15) is 0 Å². The molecular weight excluding hydrogens is 274 g/mol. The molecule has 0 atom stereocenters. The molecule has 4 N–H and O–H groups in total. The molecule has 0 saturated heterocycles. The number of hydrogen-bond donors (Lipinski definition) is 2. The lowest BCUT2D eigenvalue weighted by Crippen LogP contribution is -2.12. The highest BCUT2D eigenvalue weighted by Crippen LogP contribution is 2.34. The van der Waals surface area contributed by atoms with Crippen LogP contribution in [0.2, 0.25) is 0 Å². The lowest BCUT2D eigenvalue weighted by molar-refractivity contribution is 1.12. The summed E-state index contributed by atoms with van der Waals surface area (Å²) in [6.07, 6.45) is 1.46. The lowest BCUT2D eigenvalue weighted by atomic mass is 10.1. The predicted octanol–water partition coefficient (Wildman–Crippen LogP) is 3.42. The van der Waals surface area contributed by atoms with Crippen LogP contribution in [-0.2, 0) is 0 Å². The zero-order valence-electron chi connectivity index (χ0n) is 12.3. The molecule has 0 unspecified atom stereocenters. The Balaban J connectivity index is 2.18. The molecule has 3 rings (SSSR count). The number of nitrogen functional groups attached to an aromatic ring is 2. The molecule has 0 aliphatic heterocycles. The minimum atomic E-state index is 0.423. The largest absolute Gasteiger partial charge is 0.399 e. The van der Waals surface area contributed by atoms with Gasteiger partial charge in [0.15, 0.2) is 0 Å². The average molecular weight is 291 g/mol. The second-order valence-corrected chi connectivity index (χ2v) is 5.07. The Morgan fingerprint density at radius 1 is 0.864 bits per heavy atom. The van der Waals surface area contributed by atoms with Crippen molar-refractivity contribution in [2.24, 2.45) is 0 Å². The van der Waals surface area contributed by atoms with Crippen molar-refractivity contribution in [1.29, 1.82) is 0 Å². The van der Waals surface area contributed by atoms with Gasteiger partial charge < -0.3 is 11.5 Å². The number of hydrogen-bond acceptors (Lipinski definition) is 5. The van der Waals surface area contributed by atoms with Gasteiger partial charge in [0.1, 0.15) is 18.0 Å². The normalized spacial score (nSPS) is 10.4. The summed E-state index contributed by atoms with van der Waals surface area (Å²) >= 11 is 0. The first-order valence-corrected chi connectivity index (χ1v) is 6.93. The Labute approximate surface area is 129 Å². The summed E-state index contributed by atoms with van der Waals surface area (Å²) in [6, 6.07) is 17.6. The van der Waals surface area contributed by atoms with Gasteiger partial charge in [0.25, 0.3) is 0 Å². The molecule has 5 heteroatoms. The van der Waals surface area contributed by atoms with Gasteiger partial charge in [-0.05, 0) is 42.8 Å². The Morgan fingerprint density at radius 3 is 2.27 bits per heavy atom. The molecule has 0 fully saturated rings. The summed E-state index contributed by atoms with van der Waals surface area (Å²) in [5.41, 5.74) is 15.5. The van der Waals surface area contributed by atoms with Crippen LogP contribution < -0.4 is 16.4 Å². The number of nitrogens with two attached hydrogens (primary N) is 2. The zero-order valence-corrected chi connectivity index (χ0v) is 12.3. The van der Waals surface area contributed by atoms with E-state index in [4.69, 9.17) is 11.5 Å². The van der Waals surface area contributed by atoms with Crippen LogP contribution >= 0.6 is 0 Å². The van der Waals surface area contributed by atoms with E-state index in [1.165, 1.54) is 6.33 Å². The molecule has 2 aromatic carbocycles. The molecule has 1 aromatic heterocycles. The topological polar surface area (TPSA) is 81.1 Å². The molecule has 0 spiro atoms. The molecule has 0 aliphatic rings. The third kappa shape index (κ3) is 2.83. The highest BCUT2D eigenvalue weighted by atomic mass is 15.2. The molecule has 3 aromatic rings. The standard InChI is InChI=1S/C17H17N5/c1-12-4-2-6-14(8-12)22(15-7-3-5-13(18)9-15)17-10-16(19)20-11-21-17/h2-11H,18H2,1H3,(H2,19,20,21). The second-order valence-electron chi connectivity index (χ2n) is 5.07. The maximum absolute atomic E-state index is 5.93. The summed E-state index contributed by atoms with van der Waals surface area (Å²) < 4.78 is 0. The van der Waals surface area contributed by atoms with E-state index in [-0.39, 0.29) is 0 Å². The van der Waals surface area contributed by atoms with Crippen LogP contribution in [0.25, 0.3) is 0 Å². The summed E-state index contributed by atoms with van der Waals surface area (Å²) in [4.78, 5) is 10.3. The number of rotatable bonds is 3. The van der Waals surface area contributed by atoms with E-state index >= 15 is 0 Å². The van der Waals surface area contributed by atoms with Crippen LogP contribution in [0.4, 0.5) is 28.7 Å². The van der Waals surface area contributed by atoms with Gasteiger partial charge >= 0.3 is 0 Å². The van der Waals surface area contributed by atoms with E-state index in [0.717, 1.165) is 16.9 Å². The fourth-order valence-corrected chi connectivity index (χ4v) is 2.33. The fourth-order valence-electron chi connectivity index (χ4n) is 2.33. The van der Waals surface area contributed by atoms with Crippen LogP contribution in [-0.4, -0.2) is 9.97 Å². The van der Waals surface area contributed by atoms with Crippen LogP contribution in [0.15, 0.2) is 60.9 Å². The third-order valence-corrected chi connectivity index (χ3v) is 3.29. The van der Waals surface area contributed by atoms with E-state index < -0.39 is 0 Å². The van der Waals surface area contributed by atoms with E-state index in [1.54, 1.807) is 6.07 Å². The van der Waals surface area contributed by atoms with E-state index in [2.05, 4.69) is 29.0 Å². The number of anilines is 5. The summed E-state index contributed by atoms with van der Waals surface area (Å²) in [5, 5.41) is 0. The van der Waals surface area contributed by atoms with Crippen molar-refractivity contribution in [3.8, 4) is 0 Å². The zero-order chi connectivity index (χ0) is 15.5. The summed E-state index contributed by atoms with van der Waals surface area (Å²) in [6.45, 7) is 2.05. The minimum absolute atomic E-state index is 0.423. The van der Waals surface area contributed by atoms with Gasteiger partial charge in [-0.3, -0.25) is 4.90 Å². The fraction of sp³-hybridized carbons (Fsp3) is 0.0588. The molecule has 0 radical (unpaired) electrons. The monoisotopic (exact) mass is 291 g/mol. The van der Waals surface area contributed by atoms with Crippen molar-refractivity contribution in [2.75, 3.05) is 16.4 Å². The molecule has 0 saturated carbocycles. The second kappa shape index (κ2) is 5.73. The number of aromatic nitrogens is 2. The molecule has 1 heterocycles. The Hall–Kier alpha value is -3.08. The van der Waals surface area contributed by atoms with Crippen LogP contribution in [0, 0.1) is 6.92 Å². The van der Waals surface area contributed by atoms with Crippen LogP contribution in [0.3, 0.4) is 0 Å². The molecule has 0 aliphatic carbocycles. The van der Waals surface area contributed by atoms with Crippen molar-refractivity contribution in [3.63, 3.8) is 0 Å². The molecule has 0 bridgehead atoms. The summed E-state index contributed by atoms with van der Waals surface area (Å²) in [7, 11) is 0. The predicted molar refractivity (Wildman–Crippen MR) is 90.3 cm³/mol. The Kier molecular flexibility index (Phi) is 3.62. The molecular formula is C17H17N5. The number of nitrogens with zero attached hydrogens (tertiary/aromatic N) is 3. The SMILES string of the molecule is Cc1cccc(N(c2cccc(N)c2)c2cc(N)ncn2)c1. The maximum atomic E-state index is 5.93. The van der Waals surface area contributed by atoms with Gasteiger partial charge in [0.05, 0.1) is 0 Å². The van der Waals surface area contributed by atoms with Crippen LogP contribution in [0.5, 0.6) is 0 Å². The Morgan fingerprint density at radius 2 is 1.59 bits per heavy atom. The van der Waals surface area contributed by atoms with Gasteiger partial charge in [0.2, 0.25) is 0 Å². The quantitative estimate of drug-likeness (QED) is 0.723. The van der Waals surface area contributed by atoms with Gasteiger partial charge in [-0.1, -0.05) is 18.2 Å². The maximum Gasteiger partial charge on any atom is 0.143 e. The molecule has 0 amide bonds. The number of benzene rings is 2. The number of aryl methyl sites for hydroxylation is 1. The highest BCUT2D eigenvalue weighted by molar-refractivity contribution is 5.77. The minimum Gasteiger partial charge on any atom is -0.399 e. The first-order chi connectivity index (χ1) is 10.6. The summed E-state index contributed by atoms with van der Waals surface area (Å²) in [5.74, 6) is 1.12. The van der Waals surface area contributed by atoms with Crippen molar-refractivity contribution in [3.05, 3.63) is 66.5 Å². The highest BCUT2D eigenvalue weighted by Gasteiger charge is 2.14. The Bertz CT molecular complexity index is 692. The average Bonchev–Trinajstić information content (AvgIpc) is 2.48. The van der Waals surface area contributed by atoms with E-state index in [0.29, 0.717) is 17.3 Å². The van der Waals surface area contributed by atoms with Crippen LogP contribution in [0.1, 0.15) is 5.56 Å². The first-order valence-electron chi connectivity index (χ1n) is 6.93. The molecule has 5 nitrogen and oxygen atoms in total. The van der Waals surface area contributed by atoms with E-state index in [1.807, 2.05) is 41.3 Å². The first kappa shape index (κ1) is 13.9. The van der Waals surface area contributed by atoms with E-state index in [9.17, 15) is 0 Å². The van der Waals surface area contributed by atoms with Gasteiger partial charge in [-0.25, -0.2) is 9.97 Å². The van der Waals surface area contributed by atoms with Gasteiger partial charge in [-0.15, -0.1) is 0 Å². The molecule has 110 valence electrons. The van der Waals surface area contributed by atoms with Crippen molar-refractivity contribution in [1.82, 2.24) is 9.97 Å².